The molecule has 0 amide bonds. The van der Waals surface area contributed by atoms with Crippen LogP contribution in [0, 0.1) is 0 Å². The predicted molar refractivity (Wildman–Crippen MR) is 113 cm³/mol. The Balaban J connectivity index is 1.98. The highest BCUT2D eigenvalue weighted by atomic mass is 16.6. The van der Waals surface area contributed by atoms with Gasteiger partial charge in [0.05, 0.1) is 0 Å². The van der Waals surface area contributed by atoms with Gasteiger partial charge in [0.15, 0.2) is 0 Å². The maximum absolute atomic E-state index is 5.50. The Morgan fingerprint density at radius 3 is 0.844 bits per heavy atom. The topological polar surface area (TPSA) is 133 Å². The van der Waals surface area contributed by atoms with Crippen molar-refractivity contribution in [2.75, 3.05) is 39.6 Å². The molecule has 0 N–H and O–H groups in total. The maximum Gasteiger partial charge on any atom is 0.326 e. The van der Waals surface area contributed by atoms with Gasteiger partial charge in [-0.3, -0.25) is 0 Å². The van der Waals surface area contributed by atoms with Crippen LogP contribution in [0.1, 0.15) is 0 Å². The molecule has 0 aliphatic heterocycles. The van der Waals surface area contributed by atoms with Gasteiger partial charge in [0.2, 0.25) is 0 Å². The van der Waals surface area contributed by atoms with E-state index in [0.29, 0.717) is 0 Å². The Labute approximate surface area is 185 Å². The largest absolute Gasteiger partial charge is 0.460 e. The highest BCUT2D eigenvalue weighted by molar-refractivity contribution is 5.11. The van der Waals surface area contributed by atoms with Gasteiger partial charge in [0, 0.05) is 0 Å². The summed E-state index contributed by atoms with van der Waals surface area (Å²) < 4.78 is 32.3. The molecule has 2 rings (SSSR count). The third-order valence-electron chi connectivity index (χ3n) is 3.01. The summed E-state index contributed by atoms with van der Waals surface area (Å²) in [5.41, 5.74) is 0. The van der Waals surface area contributed by atoms with Crippen LogP contribution in [-0.2, 0) is 0 Å². The number of hydrogen-bond acceptors (Lipinski definition) is 12. The normalized spacial score (nSPS) is 9.88. The lowest BCUT2D eigenvalue weighted by Crippen LogP contribution is -2.14. The molecule has 12 heteroatoms. The Morgan fingerprint density at radius 1 is 0.406 bits per heavy atom. The van der Waals surface area contributed by atoms with Crippen molar-refractivity contribution >= 4 is 0 Å². The Hall–Kier alpha value is -4.22. The smallest absolute Gasteiger partial charge is 0.326 e. The molecule has 0 radical (unpaired) electrons. The zero-order valence-corrected chi connectivity index (χ0v) is 17.5. The van der Waals surface area contributed by atoms with E-state index in [2.05, 4.69) is 56.2 Å². The van der Waals surface area contributed by atoms with Crippen molar-refractivity contribution in [2.24, 2.45) is 0 Å². The van der Waals surface area contributed by atoms with Gasteiger partial charge >= 0.3 is 36.1 Å². The molecule has 0 saturated heterocycles. The standard InChI is InChI=1S/C20H24N6O6/c1-5-9-27-15-21-16(28-10-6-2)24-19(23-15)31-13-14-32-20-25-17(29-11-7-3)22-18(26-20)30-12-8-4/h5-8H,1-4,9-14H2. The summed E-state index contributed by atoms with van der Waals surface area (Å²) in [7, 11) is 0. The third-order valence-corrected chi connectivity index (χ3v) is 3.01. The monoisotopic (exact) mass is 444 g/mol. The lowest BCUT2D eigenvalue weighted by atomic mass is 10.7. The molecule has 0 aliphatic carbocycles. The molecule has 2 aromatic rings. The maximum atomic E-state index is 5.50. The van der Waals surface area contributed by atoms with Gasteiger partial charge in [-0.25, -0.2) is 0 Å². The third kappa shape index (κ3) is 8.65. The predicted octanol–water partition coefficient (Wildman–Crippen LogP) is 1.77. The molecule has 0 saturated carbocycles. The van der Waals surface area contributed by atoms with Crippen molar-refractivity contribution in [3.63, 3.8) is 0 Å². The molecule has 2 heterocycles. The van der Waals surface area contributed by atoms with Gasteiger partial charge in [0.25, 0.3) is 0 Å². The van der Waals surface area contributed by atoms with Gasteiger partial charge in [-0.2, -0.15) is 0 Å². The minimum Gasteiger partial charge on any atom is -0.460 e. The molecular formula is C20H24N6O6. The first kappa shape index (κ1) is 24.1. The van der Waals surface area contributed by atoms with Crippen LogP contribution in [0.2, 0.25) is 0 Å². The van der Waals surface area contributed by atoms with Crippen molar-refractivity contribution in [1.29, 1.82) is 0 Å². The summed E-state index contributed by atoms with van der Waals surface area (Å²) in [6.45, 7) is 15.2. The molecule has 2 aromatic heterocycles. The van der Waals surface area contributed by atoms with Gasteiger partial charge in [-0.15, -0.1) is 29.9 Å². The second-order valence-corrected chi connectivity index (χ2v) is 5.46. The summed E-state index contributed by atoms with van der Waals surface area (Å²) in [6.07, 6.45) is 6.21. The van der Waals surface area contributed by atoms with E-state index in [9.17, 15) is 0 Å². The van der Waals surface area contributed by atoms with E-state index < -0.39 is 0 Å². The average molecular weight is 444 g/mol. The first-order chi connectivity index (χ1) is 15.7. The van der Waals surface area contributed by atoms with Crippen molar-refractivity contribution in [2.45, 2.75) is 0 Å². The molecule has 0 bridgehead atoms. The van der Waals surface area contributed by atoms with E-state index in [0.717, 1.165) is 0 Å². The second-order valence-electron chi connectivity index (χ2n) is 5.46. The molecule has 0 fully saturated rings. The van der Waals surface area contributed by atoms with E-state index in [1.165, 1.54) is 0 Å². The number of ether oxygens (including phenoxy) is 6. The Kier molecular flexibility index (Phi) is 10.5. The van der Waals surface area contributed by atoms with Crippen molar-refractivity contribution in [3.8, 4) is 36.1 Å². The number of rotatable bonds is 17. The van der Waals surface area contributed by atoms with Crippen LogP contribution >= 0.6 is 0 Å². The van der Waals surface area contributed by atoms with Crippen molar-refractivity contribution in [3.05, 3.63) is 50.6 Å². The molecule has 0 aromatic carbocycles. The summed E-state index contributed by atoms with van der Waals surface area (Å²) in [5.74, 6) is 0. The van der Waals surface area contributed by atoms with Gasteiger partial charge in [-0.1, -0.05) is 50.6 Å². The fourth-order valence-corrected chi connectivity index (χ4v) is 1.83. The minimum absolute atomic E-state index is 0.0117. The fourth-order valence-electron chi connectivity index (χ4n) is 1.83. The van der Waals surface area contributed by atoms with Gasteiger partial charge < -0.3 is 28.4 Å². The number of nitrogens with zero attached hydrogens (tertiary/aromatic N) is 6. The molecule has 32 heavy (non-hydrogen) atoms. The lowest BCUT2D eigenvalue weighted by Gasteiger charge is -2.10. The lowest BCUT2D eigenvalue weighted by molar-refractivity contribution is 0.184. The molecule has 170 valence electrons. The van der Waals surface area contributed by atoms with Crippen LogP contribution in [0.4, 0.5) is 0 Å². The molecule has 0 atom stereocenters. The average Bonchev–Trinajstić information content (AvgIpc) is 2.81. The second kappa shape index (κ2) is 13.9. The highest BCUT2D eigenvalue weighted by Gasteiger charge is 2.12. The van der Waals surface area contributed by atoms with E-state index in [1.807, 2.05) is 0 Å². The molecule has 0 aliphatic rings. The van der Waals surface area contributed by atoms with Crippen LogP contribution in [-0.4, -0.2) is 69.5 Å². The Bertz CT molecular complexity index is 776. The van der Waals surface area contributed by atoms with Crippen LogP contribution < -0.4 is 28.4 Å². The zero-order chi connectivity index (χ0) is 23.0. The first-order valence-corrected chi connectivity index (χ1v) is 9.41. The zero-order valence-electron chi connectivity index (χ0n) is 17.5. The van der Waals surface area contributed by atoms with E-state index in [1.54, 1.807) is 24.3 Å². The molecule has 0 unspecified atom stereocenters. The summed E-state index contributed by atoms with van der Waals surface area (Å²) in [5, 5.41) is 0. The van der Waals surface area contributed by atoms with Gasteiger partial charge in [-0.05, 0) is 0 Å². The summed E-state index contributed by atoms with van der Waals surface area (Å²) >= 11 is 0. The van der Waals surface area contributed by atoms with Crippen molar-refractivity contribution in [1.82, 2.24) is 29.9 Å². The van der Waals surface area contributed by atoms with E-state index >= 15 is 0 Å². The van der Waals surface area contributed by atoms with E-state index in [4.69, 9.17) is 28.4 Å². The quantitative estimate of drug-likeness (QED) is 0.260. The van der Waals surface area contributed by atoms with E-state index in [-0.39, 0.29) is 75.7 Å². The summed E-state index contributed by atoms with van der Waals surface area (Å²) in [6, 6.07) is 0.0891. The minimum atomic E-state index is -0.0117. The highest BCUT2D eigenvalue weighted by Crippen LogP contribution is 2.16. The first-order valence-electron chi connectivity index (χ1n) is 9.41. The van der Waals surface area contributed by atoms with Crippen LogP contribution in [0.25, 0.3) is 0 Å². The molecule has 12 nitrogen and oxygen atoms in total. The van der Waals surface area contributed by atoms with Crippen LogP contribution in [0.5, 0.6) is 36.1 Å². The van der Waals surface area contributed by atoms with Crippen molar-refractivity contribution < 1.29 is 28.4 Å². The molecular weight excluding hydrogens is 420 g/mol. The van der Waals surface area contributed by atoms with Crippen LogP contribution in [0.3, 0.4) is 0 Å². The summed E-state index contributed by atoms with van der Waals surface area (Å²) in [4.78, 5) is 24.2. The molecule has 0 spiro atoms. The SMILES string of the molecule is C=CCOc1nc(OCC=C)nc(OCCOc2nc(OCC=C)nc(OCC=C)n2)n1. The fraction of sp³-hybridized carbons (Fsp3) is 0.300. The van der Waals surface area contributed by atoms with Gasteiger partial charge in [0.1, 0.15) is 39.6 Å². The Morgan fingerprint density at radius 2 is 0.625 bits per heavy atom. The van der Waals surface area contributed by atoms with Crippen LogP contribution in [0.15, 0.2) is 50.6 Å². The number of aromatic nitrogens is 6. The number of hydrogen-bond donors (Lipinski definition) is 0.